The van der Waals surface area contributed by atoms with E-state index in [4.69, 9.17) is 5.73 Å². The summed E-state index contributed by atoms with van der Waals surface area (Å²) >= 11 is 0. The molecular weight excluding hydrogens is 250 g/mol. The van der Waals surface area contributed by atoms with Crippen LogP contribution in [0.25, 0.3) is 11.0 Å². The van der Waals surface area contributed by atoms with Crippen LogP contribution in [0, 0.1) is 0 Å². The Hall–Kier alpha value is -2.25. The number of aromatic amines is 1. The van der Waals surface area contributed by atoms with Crippen molar-refractivity contribution >= 4 is 23.2 Å². The molecule has 0 spiro atoms. The number of aliphatic hydroxyl groups excluding tert-OH is 2. The zero-order valence-electron chi connectivity index (χ0n) is 9.91. The predicted molar refractivity (Wildman–Crippen MR) is 66.3 cm³/mol. The molecule has 0 aliphatic rings. The van der Waals surface area contributed by atoms with E-state index < -0.39 is 18.1 Å². The van der Waals surface area contributed by atoms with Gasteiger partial charge in [0.2, 0.25) is 5.91 Å². The summed E-state index contributed by atoms with van der Waals surface area (Å²) in [5.41, 5.74) is 6.17. The van der Waals surface area contributed by atoms with Crippen LogP contribution < -0.4 is 5.73 Å². The van der Waals surface area contributed by atoms with Gasteiger partial charge in [0, 0.05) is 28.9 Å². The maximum atomic E-state index is 10.8. The third-order valence-corrected chi connectivity index (χ3v) is 2.83. The van der Waals surface area contributed by atoms with Gasteiger partial charge in [0.15, 0.2) is 6.29 Å². The summed E-state index contributed by atoms with van der Waals surface area (Å²) < 4.78 is 0. The molecule has 2 aromatic rings. The van der Waals surface area contributed by atoms with Crippen molar-refractivity contribution in [2.75, 3.05) is 0 Å². The van der Waals surface area contributed by atoms with Gasteiger partial charge in [-0.15, -0.1) is 0 Å². The summed E-state index contributed by atoms with van der Waals surface area (Å²) in [7, 11) is 0. The molecular formula is C12H13N3O4. The number of H-pyrrole nitrogens is 1. The summed E-state index contributed by atoms with van der Waals surface area (Å²) in [6.45, 7) is 0. The maximum Gasteiger partial charge on any atom is 0.220 e. The number of aromatic nitrogens is 2. The molecule has 0 saturated carbocycles. The van der Waals surface area contributed by atoms with Gasteiger partial charge in [-0.3, -0.25) is 9.59 Å². The average Bonchev–Trinajstić information content (AvgIpc) is 2.78. The third kappa shape index (κ3) is 2.61. The number of aldehydes is 1. The van der Waals surface area contributed by atoms with Crippen molar-refractivity contribution in [3.63, 3.8) is 0 Å². The number of primary amides is 1. The standard InChI is InChI=1S/C12H13N3O4/c13-10(18)2-9(17)11(19)6-1-8-7(5-16)4-15-12(8)14-3-6/h1,3-5,9,11,17,19H,2H2,(H2,13,18)(H,14,15). The molecule has 7 heteroatoms. The number of pyridine rings is 1. The highest BCUT2D eigenvalue weighted by molar-refractivity contribution is 5.95. The van der Waals surface area contributed by atoms with Crippen molar-refractivity contribution in [1.82, 2.24) is 9.97 Å². The van der Waals surface area contributed by atoms with Crippen molar-refractivity contribution < 1.29 is 19.8 Å². The van der Waals surface area contributed by atoms with Crippen LogP contribution in [0.5, 0.6) is 0 Å². The number of rotatable bonds is 5. The Morgan fingerprint density at radius 3 is 2.89 bits per heavy atom. The van der Waals surface area contributed by atoms with E-state index in [9.17, 15) is 19.8 Å². The first-order valence-corrected chi connectivity index (χ1v) is 5.59. The minimum absolute atomic E-state index is 0.309. The van der Waals surface area contributed by atoms with Gasteiger partial charge in [-0.1, -0.05) is 0 Å². The molecule has 19 heavy (non-hydrogen) atoms. The van der Waals surface area contributed by atoms with Crippen LogP contribution in [0.1, 0.15) is 28.4 Å². The largest absolute Gasteiger partial charge is 0.390 e. The number of nitrogens with two attached hydrogens (primary N) is 1. The van der Waals surface area contributed by atoms with Crippen molar-refractivity contribution in [3.8, 4) is 0 Å². The third-order valence-electron chi connectivity index (χ3n) is 2.83. The molecule has 0 aliphatic carbocycles. The van der Waals surface area contributed by atoms with Gasteiger partial charge in [-0.25, -0.2) is 4.98 Å². The quantitative estimate of drug-likeness (QED) is 0.548. The van der Waals surface area contributed by atoms with Gasteiger partial charge in [0.05, 0.1) is 12.5 Å². The van der Waals surface area contributed by atoms with Crippen LogP contribution >= 0.6 is 0 Å². The van der Waals surface area contributed by atoms with Crippen LogP contribution in [0.15, 0.2) is 18.5 Å². The molecule has 2 heterocycles. The fourth-order valence-corrected chi connectivity index (χ4v) is 1.84. The first-order valence-electron chi connectivity index (χ1n) is 5.59. The topological polar surface area (TPSA) is 129 Å². The number of nitrogens with one attached hydrogen (secondary N) is 1. The molecule has 7 nitrogen and oxygen atoms in total. The van der Waals surface area contributed by atoms with Crippen molar-refractivity contribution in [1.29, 1.82) is 0 Å². The molecule has 2 unspecified atom stereocenters. The number of carbonyl (C=O) groups excluding carboxylic acids is 2. The zero-order chi connectivity index (χ0) is 14.0. The lowest BCUT2D eigenvalue weighted by Crippen LogP contribution is -2.25. The molecule has 0 bridgehead atoms. The Morgan fingerprint density at radius 2 is 2.26 bits per heavy atom. The van der Waals surface area contributed by atoms with E-state index in [0.717, 1.165) is 0 Å². The molecule has 0 radical (unpaired) electrons. The van der Waals surface area contributed by atoms with Gasteiger partial charge in [-0.2, -0.15) is 0 Å². The normalized spacial score (nSPS) is 14.2. The Morgan fingerprint density at radius 1 is 1.53 bits per heavy atom. The van der Waals surface area contributed by atoms with Crippen LogP contribution in [-0.2, 0) is 4.79 Å². The average molecular weight is 263 g/mol. The molecule has 0 fully saturated rings. The van der Waals surface area contributed by atoms with Crippen molar-refractivity contribution in [3.05, 3.63) is 29.6 Å². The first-order chi connectivity index (χ1) is 9.02. The second-order valence-electron chi connectivity index (χ2n) is 4.21. The van der Waals surface area contributed by atoms with Gasteiger partial charge in [-0.05, 0) is 6.07 Å². The van der Waals surface area contributed by atoms with Crippen molar-refractivity contribution in [2.24, 2.45) is 5.73 Å². The molecule has 0 aromatic carbocycles. The monoisotopic (exact) mass is 263 g/mol. The lowest BCUT2D eigenvalue weighted by atomic mass is 10.0. The van der Waals surface area contributed by atoms with E-state index in [0.29, 0.717) is 28.4 Å². The molecule has 5 N–H and O–H groups in total. The first kappa shape index (κ1) is 13.2. The van der Waals surface area contributed by atoms with E-state index in [1.54, 1.807) is 0 Å². The lowest BCUT2D eigenvalue weighted by Gasteiger charge is -2.16. The van der Waals surface area contributed by atoms with Gasteiger partial charge in [0.25, 0.3) is 0 Å². The number of hydrogen-bond donors (Lipinski definition) is 4. The number of hydrogen-bond acceptors (Lipinski definition) is 5. The van der Waals surface area contributed by atoms with Crippen LogP contribution in [-0.4, -0.2) is 38.5 Å². The van der Waals surface area contributed by atoms with E-state index in [1.165, 1.54) is 18.5 Å². The molecule has 100 valence electrons. The highest BCUT2D eigenvalue weighted by Gasteiger charge is 2.21. The Bertz CT molecular complexity index is 622. The van der Waals surface area contributed by atoms with Crippen LogP contribution in [0.2, 0.25) is 0 Å². The van der Waals surface area contributed by atoms with Gasteiger partial charge >= 0.3 is 0 Å². The molecule has 0 saturated heterocycles. The van der Waals surface area contributed by atoms with Gasteiger partial charge < -0.3 is 20.9 Å². The fraction of sp³-hybridized carbons (Fsp3) is 0.250. The van der Waals surface area contributed by atoms with E-state index >= 15 is 0 Å². The van der Waals surface area contributed by atoms with Crippen molar-refractivity contribution in [2.45, 2.75) is 18.6 Å². The van der Waals surface area contributed by atoms with Gasteiger partial charge in [0.1, 0.15) is 11.8 Å². The summed E-state index contributed by atoms with van der Waals surface area (Å²) in [5, 5.41) is 20.1. The Kier molecular flexibility index (Phi) is 3.59. The van der Waals surface area contributed by atoms with E-state index in [2.05, 4.69) is 9.97 Å². The fourth-order valence-electron chi connectivity index (χ4n) is 1.84. The predicted octanol–water partition coefficient (Wildman–Crippen LogP) is -0.355. The Balaban J connectivity index is 2.34. The lowest BCUT2D eigenvalue weighted by molar-refractivity contribution is -0.121. The molecule has 2 rings (SSSR count). The highest BCUT2D eigenvalue weighted by atomic mass is 16.3. The minimum Gasteiger partial charge on any atom is -0.390 e. The smallest absolute Gasteiger partial charge is 0.220 e. The Labute approximate surface area is 108 Å². The van der Waals surface area contributed by atoms with E-state index in [1.807, 2.05) is 0 Å². The summed E-state index contributed by atoms with van der Waals surface area (Å²) in [6.07, 6.45) is 0.570. The highest BCUT2D eigenvalue weighted by Crippen LogP contribution is 2.23. The minimum atomic E-state index is -1.31. The summed E-state index contributed by atoms with van der Waals surface area (Å²) in [5.74, 6) is -0.712. The van der Waals surface area contributed by atoms with Crippen LogP contribution in [0.4, 0.5) is 0 Å². The second kappa shape index (κ2) is 5.17. The summed E-state index contributed by atoms with van der Waals surface area (Å²) in [6, 6.07) is 1.54. The molecule has 2 atom stereocenters. The number of aliphatic hydroxyl groups is 2. The number of amides is 1. The molecule has 0 aliphatic heterocycles. The summed E-state index contributed by atoms with van der Waals surface area (Å²) in [4.78, 5) is 28.4. The zero-order valence-corrected chi connectivity index (χ0v) is 9.91. The molecule has 2 aromatic heterocycles. The SMILES string of the molecule is NC(=O)CC(O)C(O)c1cnc2[nH]cc(C=O)c2c1. The maximum absolute atomic E-state index is 10.8. The number of carbonyl (C=O) groups is 2. The molecule has 1 amide bonds. The number of fused-ring (bicyclic) bond motifs is 1. The number of nitrogens with zero attached hydrogens (tertiary/aromatic N) is 1. The van der Waals surface area contributed by atoms with Crippen LogP contribution in [0.3, 0.4) is 0 Å². The van der Waals surface area contributed by atoms with E-state index in [-0.39, 0.29) is 6.42 Å². The second-order valence-corrected chi connectivity index (χ2v) is 4.21.